The van der Waals surface area contributed by atoms with Crippen LogP contribution in [0.5, 0.6) is 0 Å². The molecule has 0 saturated carbocycles. The Morgan fingerprint density at radius 2 is 1.95 bits per heavy atom. The van der Waals surface area contributed by atoms with Gasteiger partial charge in [-0.3, -0.25) is 0 Å². The molecule has 0 amide bonds. The fourth-order valence-electron chi connectivity index (χ4n) is 1.78. The van der Waals surface area contributed by atoms with Gasteiger partial charge in [-0.2, -0.15) is 5.10 Å². The fraction of sp³-hybridized carbons (Fsp3) is 0. The molecule has 4 nitrogen and oxygen atoms in total. The Balaban J connectivity index is 2.06. The Morgan fingerprint density at radius 3 is 2.60 bits per heavy atom. The third-order valence-electron chi connectivity index (χ3n) is 2.72. The van der Waals surface area contributed by atoms with Gasteiger partial charge in [0.2, 0.25) is 0 Å². The van der Waals surface area contributed by atoms with Gasteiger partial charge in [-0.05, 0) is 46.3 Å². The van der Waals surface area contributed by atoms with Crippen LogP contribution < -0.4 is 5.73 Å². The molecule has 2 N–H and O–H groups in total. The van der Waals surface area contributed by atoms with E-state index in [2.05, 4.69) is 21.0 Å². The van der Waals surface area contributed by atoms with Gasteiger partial charge in [0, 0.05) is 0 Å². The molecule has 0 spiro atoms. The van der Waals surface area contributed by atoms with E-state index in [0.29, 0.717) is 31.9 Å². The summed E-state index contributed by atoms with van der Waals surface area (Å²) in [5.74, 6) is 0.591. The van der Waals surface area contributed by atoms with Crippen LogP contribution in [-0.2, 0) is 0 Å². The smallest absolute Gasteiger partial charge is 0.169 e. The number of nitrogens with zero attached hydrogens (tertiary/aromatic N) is 2. The molecule has 3 aromatic rings. The van der Waals surface area contributed by atoms with Crippen LogP contribution in [0.4, 0.5) is 5.69 Å². The first-order valence-corrected chi connectivity index (χ1v) is 7.16. The molecule has 7 heteroatoms. The van der Waals surface area contributed by atoms with Crippen molar-refractivity contribution in [1.29, 1.82) is 0 Å². The zero-order chi connectivity index (χ0) is 14.3. The highest BCUT2D eigenvalue weighted by atomic mass is 79.9. The van der Waals surface area contributed by atoms with E-state index in [0.717, 1.165) is 5.69 Å². The van der Waals surface area contributed by atoms with Gasteiger partial charge in [0.1, 0.15) is 0 Å². The molecule has 0 aliphatic heterocycles. The van der Waals surface area contributed by atoms with Gasteiger partial charge >= 0.3 is 0 Å². The molecule has 2 aromatic heterocycles. The Labute approximate surface area is 133 Å². The van der Waals surface area contributed by atoms with Crippen LogP contribution in [0.2, 0.25) is 10.0 Å². The number of hydrogen-bond donors (Lipinski definition) is 1. The maximum Gasteiger partial charge on any atom is 0.169 e. The Hall–Kier alpha value is -1.43. The first-order chi connectivity index (χ1) is 9.54. The van der Waals surface area contributed by atoms with Crippen molar-refractivity contribution in [2.75, 3.05) is 5.73 Å². The monoisotopic (exact) mass is 371 g/mol. The van der Waals surface area contributed by atoms with E-state index in [1.54, 1.807) is 35.1 Å². The average Bonchev–Trinajstić information content (AvgIpc) is 2.99. The summed E-state index contributed by atoms with van der Waals surface area (Å²) >= 11 is 15.1. The summed E-state index contributed by atoms with van der Waals surface area (Å²) in [4.78, 5) is 0. The zero-order valence-corrected chi connectivity index (χ0v) is 13.1. The van der Waals surface area contributed by atoms with Crippen LogP contribution in [0.15, 0.2) is 45.6 Å². The minimum atomic E-state index is 0.459. The average molecular weight is 373 g/mol. The highest BCUT2D eigenvalue weighted by molar-refractivity contribution is 9.10. The van der Waals surface area contributed by atoms with E-state index in [4.69, 9.17) is 33.4 Å². The third kappa shape index (κ3) is 2.44. The minimum absolute atomic E-state index is 0.459. The van der Waals surface area contributed by atoms with Crippen molar-refractivity contribution in [3.63, 3.8) is 0 Å². The molecule has 0 radical (unpaired) electrons. The molecule has 102 valence electrons. The predicted octanol–water partition coefficient (Wildman–Crippen LogP) is 4.78. The van der Waals surface area contributed by atoms with Gasteiger partial charge in [-0.25, -0.2) is 4.68 Å². The standard InChI is InChI=1S/C13H8BrCl2N3O/c14-12-4-3-11(20-12)13-10(17)6-19(18-13)7-1-2-8(15)9(16)5-7/h1-6H,17H2. The second-order valence-corrected chi connectivity index (χ2v) is 5.68. The summed E-state index contributed by atoms with van der Waals surface area (Å²) < 4.78 is 7.71. The van der Waals surface area contributed by atoms with Crippen LogP contribution in [0.25, 0.3) is 17.1 Å². The number of aromatic nitrogens is 2. The number of halogens is 3. The van der Waals surface area contributed by atoms with Crippen molar-refractivity contribution in [2.24, 2.45) is 0 Å². The van der Waals surface area contributed by atoms with E-state index >= 15 is 0 Å². The topological polar surface area (TPSA) is 57.0 Å². The first-order valence-electron chi connectivity index (χ1n) is 5.61. The quantitative estimate of drug-likeness (QED) is 0.703. The van der Waals surface area contributed by atoms with Crippen LogP contribution in [0.1, 0.15) is 0 Å². The van der Waals surface area contributed by atoms with Crippen molar-refractivity contribution < 1.29 is 4.42 Å². The number of nitrogens with two attached hydrogens (primary N) is 1. The van der Waals surface area contributed by atoms with Crippen LogP contribution in [0.3, 0.4) is 0 Å². The second kappa shape index (κ2) is 5.16. The highest BCUT2D eigenvalue weighted by Gasteiger charge is 2.13. The van der Waals surface area contributed by atoms with Crippen LogP contribution in [-0.4, -0.2) is 9.78 Å². The molecule has 2 heterocycles. The SMILES string of the molecule is Nc1cn(-c2ccc(Cl)c(Cl)c2)nc1-c1ccc(Br)o1. The largest absolute Gasteiger partial charge is 0.448 e. The Morgan fingerprint density at radius 1 is 1.15 bits per heavy atom. The summed E-state index contributed by atoms with van der Waals surface area (Å²) in [5, 5.41) is 5.36. The molecule has 0 bridgehead atoms. The van der Waals surface area contributed by atoms with Crippen LogP contribution >= 0.6 is 39.1 Å². The summed E-state index contributed by atoms with van der Waals surface area (Å²) in [6.45, 7) is 0. The molecular weight excluding hydrogens is 365 g/mol. The maximum absolute atomic E-state index is 6.00. The van der Waals surface area contributed by atoms with E-state index in [1.807, 2.05) is 6.07 Å². The lowest BCUT2D eigenvalue weighted by atomic mass is 10.3. The van der Waals surface area contributed by atoms with Gasteiger partial charge in [-0.1, -0.05) is 23.2 Å². The van der Waals surface area contributed by atoms with Gasteiger partial charge in [0.05, 0.1) is 27.6 Å². The summed E-state index contributed by atoms with van der Waals surface area (Å²) in [6, 6.07) is 8.82. The van der Waals surface area contributed by atoms with Gasteiger partial charge in [-0.15, -0.1) is 0 Å². The maximum atomic E-state index is 6.00. The van der Waals surface area contributed by atoms with Crippen molar-refractivity contribution >= 4 is 44.8 Å². The lowest BCUT2D eigenvalue weighted by Gasteiger charge is -2.02. The Kier molecular flexibility index (Phi) is 3.50. The molecule has 0 aliphatic carbocycles. The van der Waals surface area contributed by atoms with Crippen molar-refractivity contribution in [3.05, 3.63) is 51.2 Å². The summed E-state index contributed by atoms with van der Waals surface area (Å²) in [6.07, 6.45) is 1.70. The number of nitrogen functional groups attached to an aromatic ring is 1. The minimum Gasteiger partial charge on any atom is -0.448 e. The Bertz CT molecular complexity index is 782. The molecular formula is C13H8BrCl2N3O. The van der Waals surface area contributed by atoms with Gasteiger partial charge in [0.15, 0.2) is 16.1 Å². The first kappa shape index (κ1) is 13.5. The second-order valence-electron chi connectivity index (χ2n) is 4.08. The van der Waals surface area contributed by atoms with Gasteiger partial charge < -0.3 is 10.2 Å². The van der Waals surface area contributed by atoms with Crippen molar-refractivity contribution in [2.45, 2.75) is 0 Å². The molecule has 0 aliphatic rings. The predicted molar refractivity (Wildman–Crippen MR) is 83.4 cm³/mol. The number of rotatable bonds is 2. The van der Waals surface area contributed by atoms with Crippen molar-refractivity contribution in [3.8, 4) is 17.1 Å². The summed E-state index contributed by atoms with van der Waals surface area (Å²) in [7, 11) is 0. The molecule has 0 fully saturated rings. The molecule has 0 saturated heterocycles. The van der Waals surface area contributed by atoms with E-state index in [-0.39, 0.29) is 0 Å². The molecule has 3 rings (SSSR count). The van der Waals surface area contributed by atoms with Crippen molar-refractivity contribution in [1.82, 2.24) is 9.78 Å². The molecule has 20 heavy (non-hydrogen) atoms. The number of anilines is 1. The zero-order valence-electron chi connectivity index (χ0n) is 9.98. The van der Waals surface area contributed by atoms with Crippen LogP contribution in [0, 0.1) is 0 Å². The lowest BCUT2D eigenvalue weighted by Crippen LogP contribution is -1.94. The third-order valence-corrected chi connectivity index (χ3v) is 3.88. The van der Waals surface area contributed by atoms with E-state index < -0.39 is 0 Å². The van der Waals surface area contributed by atoms with Gasteiger partial charge in [0.25, 0.3) is 0 Å². The van der Waals surface area contributed by atoms with E-state index in [9.17, 15) is 0 Å². The molecule has 0 atom stereocenters. The fourth-order valence-corrected chi connectivity index (χ4v) is 2.38. The molecule has 1 aromatic carbocycles. The number of benzene rings is 1. The van der Waals surface area contributed by atoms with E-state index in [1.165, 1.54) is 0 Å². The normalized spacial score (nSPS) is 10.9. The lowest BCUT2D eigenvalue weighted by molar-refractivity contribution is 0.553. The number of hydrogen-bond acceptors (Lipinski definition) is 3. The molecule has 0 unspecified atom stereocenters. The number of furan rings is 1. The summed E-state index contributed by atoms with van der Waals surface area (Å²) in [5.41, 5.74) is 7.82. The highest BCUT2D eigenvalue weighted by Crippen LogP contribution is 2.30.